The molecule has 90 valence electrons. The highest BCUT2D eigenvalue weighted by molar-refractivity contribution is 7.00. The highest BCUT2D eigenvalue weighted by atomic mass is 35.5. The third-order valence-electron chi connectivity index (χ3n) is 2.18. The summed E-state index contributed by atoms with van der Waals surface area (Å²) >= 11 is 7.18. The lowest BCUT2D eigenvalue weighted by atomic mass is 10.2. The molecule has 0 saturated heterocycles. The van der Waals surface area contributed by atoms with Gasteiger partial charge in [-0.15, -0.1) is 0 Å². The predicted molar refractivity (Wildman–Crippen MR) is 69.6 cm³/mol. The van der Waals surface area contributed by atoms with Crippen LogP contribution in [0.4, 0.5) is 5.69 Å². The fraction of sp³-hybridized carbons (Fsp3) is 0.300. The van der Waals surface area contributed by atoms with Gasteiger partial charge in [0.05, 0.1) is 29.0 Å². The van der Waals surface area contributed by atoms with E-state index in [1.165, 1.54) is 0 Å². The number of halogens is 1. The molecule has 17 heavy (non-hydrogen) atoms. The van der Waals surface area contributed by atoms with Crippen molar-refractivity contribution in [1.82, 2.24) is 14.1 Å². The summed E-state index contributed by atoms with van der Waals surface area (Å²) < 4.78 is 8.27. The van der Waals surface area contributed by atoms with Gasteiger partial charge in [-0.2, -0.15) is 8.75 Å². The Bertz CT molecular complexity index is 542. The maximum Gasteiger partial charge on any atom is 0.239 e. The standard InChI is InChI=1S/C10H11ClN4OS/c1-2-12-8(16)5-13-9-6(11)3-4-7-10(9)15-17-14-7/h3-4,13H,2,5H2,1H3,(H,12,16). The largest absolute Gasteiger partial charge is 0.373 e. The zero-order chi connectivity index (χ0) is 12.3. The van der Waals surface area contributed by atoms with Crippen molar-refractivity contribution < 1.29 is 4.79 Å². The van der Waals surface area contributed by atoms with Crippen molar-refractivity contribution in [1.29, 1.82) is 0 Å². The molecule has 2 aromatic rings. The van der Waals surface area contributed by atoms with Gasteiger partial charge in [0.1, 0.15) is 11.0 Å². The van der Waals surface area contributed by atoms with E-state index < -0.39 is 0 Å². The lowest BCUT2D eigenvalue weighted by molar-refractivity contribution is -0.119. The van der Waals surface area contributed by atoms with Crippen molar-refractivity contribution >= 4 is 46.0 Å². The van der Waals surface area contributed by atoms with Gasteiger partial charge in [0.25, 0.3) is 0 Å². The number of amides is 1. The number of aromatic nitrogens is 2. The van der Waals surface area contributed by atoms with Crippen LogP contribution < -0.4 is 10.6 Å². The number of hydrogen-bond donors (Lipinski definition) is 2. The Morgan fingerprint density at radius 2 is 2.29 bits per heavy atom. The number of nitrogens with zero attached hydrogens (tertiary/aromatic N) is 2. The number of fused-ring (bicyclic) bond motifs is 1. The number of likely N-dealkylation sites (N-methyl/N-ethyl adjacent to an activating group) is 1. The highest BCUT2D eigenvalue weighted by Gasteiger charge is 2.10. The average molecular weight is 271 g/mol. The topological polar surface area (TPSA) is 66.9 Å². The monoisotopic (exact) mass is 270 g/mol. The van der Waals surface area contributed by atoms with E-state index in [9.17, 15) is 4.79 Å². The lowest BCUT2D eigenvalue weighted by Gasteiger charge is -2.08. The van der Waals surface area contributed by atoms with Crippen molar-refractivity contribution in [2.24, 2.45) is 0 Å². The van der Waals surface area contributed by atoms with Gasteiger partial charge in [-0.1, -0.05) is 11.6 Å². The van der Waals surface area contributed by atoms with Crippen LogP contribution in [0.15, 0.2) is 12.1 Å². The normalized spacial score (nSPS) is 10.5. The van der Waals surface area contributed by atoms with Gasteiger partial charge in [0.15, 0.2) is 0 Å². The number of carbonyl (C=O) groups is 1. The van der Waals surface area contributed by atoms with E-state index in [1.54, 1.807) is 12.1 Å². The molecule has 0 saturated carbocycles. The molecule has 0 radical (unpaired) electrons. The summed E-state index contributed by atoms with van der Waals surface area (Å²) in [5.74, 6) is -0.0799. The minimum absolute atomic E-state index is 0.0799. The fourth-order valence-corrected chi connectivity index (χ4v) is 2.19. The Morgan fingerprint density at radius 3 is 3.06 bits per heavy atom. The van der Waals surface area contributed by atoms with E-state index in [2.05, 4.69) is 19.4 Å². The van der Waals surface area contributed by atoms with E-state index in [-0.39, 0.29) is 12.5 Å². The first-order valence-electron chi connectivity index (χ1n) is 5.13. The Hall–Kier alpha value is -1.40. The summed E-state index contributed by atoms with van der Waals surface area (Å²) in [5.41, 5.74) is 2.13. The van der Waals surface area contributed by atoms with Gasteiger partial charge in [0.2, 0.25) is 5.91 Å². The van der Waals surface area contributed by atoms with Gasteiger partial charge >= 0.3 is 0 Å². The Labute approximate surface area is 107 Å². The van der Waals surface area contributed by atoms with Crippen LogP contribution in [0.1, 0.15) is 6.92 Å². The van der Waals surface area contributed by atoms with Gasteiger partial charge in [-0.05, 0) is 19.1 Å². The molecular formula is C10H11ClN4OS. The van der Waals surface area contributed by atoms with Crippen LogP contribution in [0.3, 0.4) is 0 Å². The van der Waals surface area contributed by atoms with Crippen molar-refractivity contribution in [3.05, 3.63) is 17.2 Å². The SMILES string of the molecule is CCNC(=O)CNc1c(Cl)ccc2nsnc12. The van der Waals surface area contributed by atoms with Crippen LogP contribution in [-0.2, 0) is 4.79 Å². The minimum Gasteiger partial charge on any atom is -0.373 e. The summed E-state index contributed by atoms with van der Waals surface area (Å²) in [5, 5.41) is 6.22. The molecule has 5 nitrogen and oxygen atoms in total. The molecule has 2 rings (SSSR count). The maximum atomic E-state index is 11.4. The molecule has 0 aliphatic heterocycles. The van der Waals surface area contributed by atoms with E-state index in [4.69, 9.17) is 11.6 Å². The van der Waals surface area contributed by atoms with E-state index in [1.807, 2.05) is 6.92 Å². The second-order valence-corrected chi connectivity index (χ2v) is 4.30. The number of anilines is 1. The molecule has 0 spiro atoms. The summed E-state index contributed by atoms with van der Waals surface area (Å²) in [7, 11) is 0. The number of carbonyl (C=O) groups excluding carboxylic acids is 1. The Morgan fingerprint density at radius 1 is 1.47 bits per heavy atom. The summed E-state index contributed by atoms with van der Waals surface area (Å²) in [6.45, 7) is 2.65. The number of rotatable bonds is 4. The molecule has 0 unspecified atom stereocenters. The molecule has 7 heteroatoms. The fourth-order valence-electron chi connectivity index (χ4n) is 1.42. The number of nitrogens with one attached hydrogen (secondary N) is 2. The number of hydrogen-bond acceptors (Lipinski definition) is 5. The zero-order valence-corrected chi connectivity index (χ0v) is 10.7. The van der Waals surface area contributed by atoms with Gasteiger partial charge in [0, 0.05) is 6.54 Å². The molecule has 0 aliphatic rings. The summed E-state index contributed by atoms with van der Waals surface area (Å²) in [6.07, 6.45) is 0. The minimum atomic E-state index is -0.0799. The molecule has 0 aliphatic carbocycles. The quantitative estimate of drug-likeness (QED) is 0.890. The summed E-state index contributed by atoms with van der Waals surface area (Å²) in [4.78, 5) is 11.4. The molecular weight excluding hydrogens is 260 g/mol. The summed E-state index contributed by atoms with van der Waals surface area (Å²) in [6, 6.07) is 3.55. The van der Waals surface area contributed by atoms with Crippen molar-refractivity contribution in [2.75, 3.05) is 18.4 Å². The predicted octanol–water partition coefficient (Wildman–Crippen LogP) is 1.89. The van der Waals surface area contributed by atoms with Crippen LogP contribution in [0.25, 0.3) is 11.0 Å². The maximum absolute atomic E-state index is 11.4. The van der Waals surface area contributed by atoms with Crippen LogP contribution in [0.2, 0.25) is 5.02 Å². The molecule has 1 aromatic carbocycles. The second-order valence-electron chi connectivity index (χ2n) is 3.36. The third kappa shape index (κ3) is 2.65. The Balaban J connectivity index is 2.19. The lowest BCUT2D eigenvalue weighted by Crippen LogP contribution is -2.29. The molecule has 0 atom stereocenters. The second kappa shape index (κ2) is 5.29. The van der Waals surface area contributed by atoms with Crippen molar-refractivity contribution in [3.8, 4) is 0 Å². The van der Waals surface area contributed by atoms with E-state index in [0.29, 0.717) is 22.8 Å². The van der Waals surface area contributed by atoms with Crippen LogP contribution in [0, 0.1) is 0 Å². The highest BCUT2D eigenvalue weighted by Crippen LogP contribution is 2.29. The van der Waals surface area contributed by atoms with Crippen LogP contribution in [0.5, 0.6) is 0 Å². The molecule has 0 bridgehead atoms. The molecule has 0 fully saturated rings. The van der Waals surface area contributed by atoms with Gasteiger partial charge in [-0.3, -0.25) is 4.79 Å². The van der Waals surface area contributed by atoms with Gasteiger partial charge < -0.3 is 10.6 Å². The zero-order valence-electron chi connectivity index (χ0n) is 9.16. The molecule has 1 heterocycles. The number of benzene rings is 1. The Kier molecular flexibility index (Phi) is 3.75. The van der Waals surface area contributed by atoms with Crippen molar-refractivity contribution in [3.63, 3.8) is 0 Å². The third-order valence-corrected chi connectivity index (χ3v) is 3.03. The van der Waals surface area contributed by atoms with Gasteiger partial charge in [-0.25, -0.2) is 0 Å². The van der Waals surface area contributed by atoms with E-state index >= 15 is 0 Å². The van der Waals surface area contributed by atoms with E-state index in [0.717, 1.165) is 17.2 Å². The first-order valence-corrected chi connectivity index (χ1v) is 6.24. The van der Waals surface area contributed by atoms with Crippen molar-refractivity contribution in [2.45, 2.75) is 6.92 Å². The molecule has 2 N–H and O–H groups in total. The smallest absolute Gasteiger partial charge is 0.239 e. The van der Waals surface area contributed by atoms with Crippen LogP contribution >= 0.6 is 23.3 Å². The first kappa shape index (κ1) is 12.1. The molecule has 1 amide bonds. The first-order chi connectivity index (χ1) is 8.22. The average Bonchev–Trinajstić information content (AvgIpc) is 2.76. The van der Waals surface area contributed by atoms with Crippen LogP contribution in [-0.4, -0.2) is 27.7 Å². The molecule has 1 aromatic heterocycles.